The van der Waals surface area contributed by atoms with Crippen LogP contribution >= 0.6 is 0 Å². The molecule has 0 amide bonds. The van der Waals surface area contributed by atoms with Gasteiger partial charge < -0.3 is 14.5 Å². The highest BCUT2D eigenvalue weighted by Gasteiger charge is 2.42. The Morgan fingerprint density at radius 1 is 1.11 bits per heavy atom. The van der Waals surface area contributed by atoms with E-state index in [0.29, 0.717) is 42.4 Å². The van der Waals surface area contributed by atoms with E-state index in [2.05, 4.69) is 15.0 Å². The summed E-state index contributed by atoms with van der Waals surface area (Å²) in [6, 6.07) is 2.79. The Labute approximate surface area is 211 Å². The van der Waals surface area contributed by atoms with Crippen LogP contribution in [0.5, 0.6) is 0 Å². The van der Waals surface area contributed by atoms with E-state index in [4.69, 9.17) is 9.72 Å². The predicted octanol–water partition coefficient (Wildman–Crippen LogP) is 3.74. The number of piperidine rings is 1. The van der Waals surface area contributed by atoms with Crippen LogP contribution in [0.25, 0.3) is 11.0 Å². The summed E-state index contributed by atoms with van der Waals surface area (Å²) in [6.07, 6.45) is 3.72. The van der Waals surface area contributed by atoms with Crippen molar-refractivity contribution in [1.82, 2.24) is 24.3 Å². The lowest BCUT2D eigenvalue weighted by Gasteiger charge is -2.40. The van der Waals surface area contributed by atoms with Crippen LogP contribution < -0.4 is 15.4 Å². The van der Waals surface area contributed by atoms with Gasteiger partial charge in [-0.3, -0.25) is 14.3 Å². The molecule has 12 heteroatoms. The van der Waals surface area contributed by atoms with E-state index < -0.39 is 11.9 Å². The molecule has 198 valence electrons. The third-order valence-corrected chi connectivity index (χ3v) is 8.18. The molecule has 3 saturated heterocycles. The van der Waals surface area contributed by atoms with Gasteiger partial charge in [-0.2, -0.15) is 23.3 Å². The van der Waals surface area contributed by atoms with Gasteiger partial charge in [0.1, 0.15) is 11.1 Å². The van der Waals surface area contributed by atoms with Crippen molar-refractivity contribution in [3.05, 3.63) is 40.6 Å². The molecule has 1 unspecified atom stereocenters. The summed E-state index contributed by atoms with van der Waals surface area (Å²) in [7, 11) is 1.74. The molecule has 3 fully saturated rings. The Bertz CT molecular complexity index is 1350. The summed E-state index contributed by atoms with van der Waals surface area (Å²) < 4.78 is 48.7. The number of hydrogen-bond donors (Lipinski definition) is 0. The second-order valence-corrected chi connectivity index (χ2v) is 10.5. The number of aromatic nitrogens is 5. The summed E-state index contributed by atoms with van der Waals surface area (Å²) >= 11 is 0. The summed E-state index contributed by atoms with van der Waals surface area (Å²) in [5, 5.41) is 4.92. The van der Waals surface area contributed by atoms with E-state index in [1.54, 1.807) is 28.6 Å². The first-order valence-corrected chi connectivity index (χ1v) is 12.8. The van der Waals surface area contributed by atoms with Gasteiger partial charge in [-0.25, -0.2) is 4.68 Å². The highest BCUT2D eigenvalue weighted by molar-refractivity contribution is 5.75. The van der Waals surface area contributed by atoms with Gasteiger partial charge in [0.25, 0.3) is 5.56 Å². The van der Waals surface area contributed by atoms with E-state index in [1.807, 2.05) is 4.90 Å². The standard InChI is InChI=1S/C25H30F3N7O2/c1-32-22(36)18-15-30-35(20-4-2-3-13-37-20)21(18)31-23(32)33-10-6-24(7-11-33)8-12-34(16-24)17-5-9-29-19(14-17)25(26,27)28/h5,9,14-15,20H,2-4,6-8,10-13,16H2,1H3. The second kappa shape index (κ2) is 9.00. The van der Waals surface area contributed by atoms with E-state index in [9.17, 15) is 18.0 Å². The maximum Gasteiger partial charge on any atom is 0.433 e. The Morgan fingerprint density at radius 3 is 2.57 bits per heavy atom. The first-order valence-electron chi connectivity index (χ1n) is 12.8. The molecule has 0 saturated carbocycles. The fraction of sp³-hybridized carbons (Fsp3) is 0.600. The predicted molar refractivity (Wildman–Crippen MR) is 132 cm³/mol. The highest BCUT2D eigenvalue weighted by Crippen LogP contribution is 2.43. The minimum absolute atomic E-state index is 0.0266. The molecule has 0 N–H and O–H groups in total. The van der Waals surface area contributed by atoms with E-state index in [0.717, 1.165) is 57.7 Å². The number of hydrogen-bond acceptors (Lipinski definition) is 7. The largest absolute Gasteiger partial charge is 0.433 e. The van der Waals surface area contributed by atoms with Crippen LogP contribution in [0.15, 0.2) is 29.3 Å². The number of fused-ring (bicyclic) bond motifs is 1. The first kappa shape index (κ1) is 24.2. The molecule has 3 aromatic rings. The molecule has 3 aromatic heterocycles. The van der Waals surface area contributed by atoms with Gasteiger partial charge in [0, 0.05) is 51.7 Å². The molecular formula is C25H30F3N7O2. The van der Waals surface area contributed by atoms with Crippen molar-refractivity contribution in [2.75, 3.05) is 42.6 Å². The summed E-state index contributed by atoms with van der Waals surface area (Å²) in [4.78, 5) is 25.7. The fourth-order valence-electron chi connectivity index (χ4n) is 5.99. The van der Waals surface area contributed by atoms with E-state index >= 15 is 0 Å². The molecule has 6 rings (SSSR count). The van der Waals surface area contributed by atoms with Gasteiger partial charge >= 0.3 is 6.18 Å². The molecule has 3 aliphatic heterocycles. The average molecular weight is 518 g/mol. The Kier molecular flexibility index (Phi) is 5.89. The third kappa shape index (κ3) is 4.34. The molecule has 9 nitrogen and oxygen atoms in total. The van der Waals surface area contributed by atoms with Crippen LogP contribution in [0.2, 0.25) is 0 Å². The van der Waals surface area contributed by atoms with Crippen molar-refractivity contribution in [3.8, 4) is 0 Å². The van der Waals surface area contributed by atoms with Crippen molar-refractivity contribution in [3.63, 3.8) is 0 Å². The number of nitrogens with zero attached hydrogens (tertiary/aromatic N) is 7. The molecule has 3 aliphatic rings. The minimum Gasteiger partial charge on any atom is -0.371 e. The Balaban J connectivity index is 1.20. The van der Waals surface area contributed by atoms with Crippen LogP contribution in [0.4, 0.5) is 24.8 Å². The van der Waals surface area contributed by atoms with Crippen LogP contribution in [0.1, 0.15) is 50.4 Å². The highest BCUT2D eigenvalue weighted by atomic mass is 19.4. The van der Waals surface area contributed by atoms with Gasteiger partial charge in [-0.15, -0.1) is 0 Å². The molecule has 0 aromatic carbocycles. The van der Waals surface area contributed by atoms with Crippen molar-refractivity contribution >= 4 is 22.7 Å². The van der Waals surface area contributed by atoms with Crippen LogP contribution in [0.3, 0.4) is 0 Å². The normalized spacial score (nSPS) is 22.3. The average Bonchev–Trinajstić information content (AvgIpc) is 3.52. The quantitative estimate of drug-likeness (QED) is 0.524. The summed E-state index contributed by atoms with van der Waals surface area (Å²) in [5.41, 5.74) is 0.150. The Morgan fingerprint density at radius 2 is 1.86 bits per heavy atom. The van der Waals surface area contributed by atoms with E-state index in [-0.39, 0.29) is 17.2 Å². The lowest BCUT2D eigenvalue weighted by atomic mass is 9.78. The maximum atomic E-state index is 13.1. The van der Waals surface area contributed by atoms with Gasteiger partial charge in [0.15, 0.2) is 11.9 Å². The van der Waals surface area contributed by atoms with Crippen molar-refractivity contribution < 1.29 is 17.9 Å². The van der Waals surface area contributed by atoms with E-state index in [1.165, 1.54) is 6.20 Å². The number of rotatable bonds is 3. The van der Waals surface area contributed by atoms with Gasteiger partial charge in [-0.05, 0) is 56.1 Å². The lowest BCUT2D eigenvalue weighted by Crippen LogP contribution is -2.44. The number of halogens is 3. The lowest BCUT2D eigenvalue weighted by molar-refractivity contribution is -0.141. The molecular weight excluding hydrogens is 487 g/mol. The molecule has 0 radical (unpaired) electrons. The van der Waals surface area contributed by atoms with Crippen LogP contribution in [-0.2, 0) is 18.0 Å². The van der Waals surface area contributed by atoms with Crippen LogP contribution in [-0.4, -0.2) is 57.1 Å². The van der Waals surface area contributed by atoms with Crippen molar-refractivity contribution in [1.29, 1.82) is 0 Å². The molecule has 1 atom stereocenters. The molecule has 1 spiro atoms. The summed E-state index contributed by atoms with van der Waals surface area (Å²) in [6.45, 7) is 3.53. The first-order chi connectivity index (χ1) is 17.7. The van der Waals surface area contributed by atoms with Gasteiger partial charge in [0.05, 0.1) is 6.20 Å². The van der Waals surface area contributed by atoms with Crippen molar-refractivity contribution in [2.45, 2.75) is 50.9 Å². The smallest absolute Gasteiger partial charge is 0.371 e. The number of ether oxygens (including phenoxy) is 1. The van der Waals surface area contributed by atoms with Gasteiger partial charge in [-0.1, -0.05) is 0 Å². The minimum atomic E-state index is -4.46. The Hall–Kier alpha value is -3.15. The topological polar surface area (TPSA) is 81.3 Å². The second-order valence-electron chi connectivity index (χ2n) is 10.5. The number of alkyl halides is 3. The van der Waals surface area contributed by atoms with Crippen LogP contribution in [0, 0.1) is 5.41 Å². The third-order valence-electron chi connectivity index (χ3n) is 8.18. The number of anilines is 2. The maximum absolute atomic E-state index is 13.1. The molecule has 6 heterocycles. The summed E-state index contributed by atoms with van der Waals surface area (Å²) in [5.74, 6) is 0.615. The molecule has 0 bridgehead atoms. The zero-order valence-electron chi connectivity index (χ0n) is 20.7. The molecule has 0 aliphatic carbocycles. The zero-order chi connectivity index (χ0) is 25.8. The fourth-order valence-corrected chi connectivity index (χ4v) is 5.99. The number of pyridine rings is 1. The monoisotopic (exact) mass is 517 g/mol. The van der Waals surface area contributed by atoms with Crippen molar-refractivity contribution in [2.24, 2.45) is 12.5 Å². The SMILES string of the molecule is Cn1c(N2CCC3(CCN(c4ccnc(C(F)(F)F)c4)C3)CC2)nc2c(cnn2C2CCCCO2)c1=O. The zero-order valence-corrected chi connectivity index (χ0v) is 20.7. The van der Waals surface area contributed by atoms with Gasteiger partial charge in [0.2, 0.25) is 5.95 Å². The molecule has 37 heavy (non-hydrogen) atoms.